The van der Waals surface area contributed by atoms with Gasteiger partial charge in [0.2, 0.25) is 0 Å². The van der Waals surface area contributed by atoms with Crippen LogP contribution in [0.2, 0.25) is 5.02 Å². The third-order valence-electron chi connectivity index (χ3n) is 4.85. The van der Waals surface area contributed by atoms with Gasteiger partial charge in [0.1, 0.15) is 5.57 Å². The summed E-state index contributed by atoms with van der Waals surface area (Å²) in [6.07, 6.45) is 2.21. The van der Waals surface area contributed by atoms with Crippen LogP contribution in [0, 0.1) is 6.92 Å². The van der Waals surface area contributed by atoms with Crippen LogP contribution in [0.1, 0.15) is 31.4 Å². The molecule has 1 fully saturated rings. The van der Waals surface area contributed by atoms with E-state index in [0.717, 1.165) is 12.0 Å². The summed E-state index contributed by atoms with van der Waals surface area (Å²) in [5.74, 6) is -0.266. The fourth-order valence-electron chi connectivity index (χ4n) is 2.97. The van der Waals surface area contributed by atoms with Gasteiger partial charge in [0, 0.05) is 0 Å². The van der Waals surface area contributed by atoms with E-state index in [9.17, 15) is 9.59 Å². The van der Waals surface area contributed by atoms with Crippen molar-refractivity contribution in [3.63, 3.8) is 0 Å². The number of halogens is 1. The number of carbonyl (C=O) groups is 2. The van der Waals surface area contributed by atoms with Crippen molar-refractivity contribution in [3.05, 3.63) is 58.1 Å². The van der Waals surface area contributed by atoms with Crippen molar-refractivity contribution in [2.45, 2.75) is 33.3 Å². The SMILES string of the molecule is CCC(C)Oc1c(Cl)cc(C=C2C(=O)NC(=S)N(c3ccc(C)cc3)C2=O)cc1OC. The first-order valence-electron chi connectivity index (χ1n) is 9.77. The Morgan fingerprint density at radius 3 is 2.52 bits per heavy atom. The summed E-state index contributed by atoms with van der Waals surface area (Å²) < 4.78 is 11.3. The minimum atomic E-state index is -0.576. The molecular formula is C23H23ClN2O4S. The standard InChI is InChI=1S/C23H23ClN2O4S/c1-5-14(3)30-20-18(24)11-15(12-19(20)29-4)10-17-21(27)25-23(31)26(22(17)28)16-8-6-13(2)7-9-16/h6-12,14H,5H2,1-4H3,(H,25,27,31). The molecule has 2 aromatic rings. The zero-order valence-electron chi connectivity index (χ0n) is 17.7. The van der Waals surface area contributed by atoms with E-state index >= 15 is 0 Å². The van der Waals surface area contributed by atoms with E-state index in [4.69, 9.17) is 33.3 Å². The van der Waals surface area contributed by atoms with E-state index in [1.165, 1.54) is 18.1 Å². The van der Waals surface area contributed by atoms with Crippen molar-refractivity contribution in [2.75, 3.05) is 12.0 Å². The highest BCUT2D eigenvalue weighted by molar-refractivity contribution is 7.80. The summed E-state index contributed by atoms with van der Waals surface area (Å²) in [5.41, 5.74) is 2.07. The Hall–Kier alpha value is -2.90. The molecule has 6 nitrogen and oxygen atoms in total. The molecule has 0 aliphatic carbocycles. The number of aryl methyl sites for hydroxylation is 1. The Balaban J connectivity index is 2.00. The monoisotopic (exact) mass is 458 g/mol. The highest BCUT2D eigenvalue weighted by Gasteiger charge is 2.34. The number of ether oxygens (including phenoxy) is 2. The lowest BCUT2D eigenvalue weighted by molar-refractivity contribution is -0.122. The van der Waals surface area contributed by atoms with E-state index < -0.39 is 11.8 Å². The highest BCUT2D eigenvalue weighted by atomic mass is 35.5. The molecule has 1 aliphatic heterocycles. The van der Waals surface area contributed by atoms with Gasteiger partial charge in [-0.2, -0.15) is 0 Å². The van der Waals surface area contributed by atoms with Gasteiger partial charge in [-0.1, -0.05) is 36.2 Å². The molecule has 31 heavy (non-hydrogen) atoms. The lowest BCUT2D eigenvalue weighted by atomic mass is 10.1. The molecule has 1 atom stereocenters. The number of thiocarbonyl (C=S) groups is 1. The highest BCUT2D eigenvalue weighted by Crippen LogP contribution is 2.38. The summed E-state index contributed by atoms with van der Waals surface area (Å²) in [4.78, 5) is 27.0. The van der Waals surface area contributed by atoms with Gasteiger partial charge in [0.25, 0.3) is 11.8 Å². The zero-order chi connectivity index (χ0) is 22.7. The third kappa shape index (κ3) is 4.89. The van der Waals surface area contributed by atoms with Crippen molar-refractivity contribution < 1.29 is 19.1 Å². The quantitative estimate of drug-likeness (QED) is 0.387. The number of methoxy groups -OCH3 is 1. The van der Waals surface area contributed by atoms with Gasteiger partial charge < -0.3 is 9.47 Å². The van der Waals surface area contributed by atoms with Gasteiger partial charge in [-0.3, -0.25) is 19.8 Å². The fourth-order valence-corrected chi connectivity index (χ4v) is 3.52. The number of hydrogen-bond acceptors (Lipinski definition) is 5. The molecule has 1 N–H and O–H groups in total. The first kappa shape index (κ1) is 22.8. The molecule has 1 aliphatic rings. The van der Waals surface area contributed by atoms with Crippen molar-refractivity contribution >= 4 is 52.5 Å². The Morgan fingerprint density at radius 2 is 1.90 bits per heavy atom. The fraction of sp³-hybridized carbons (Fsp3) is 0.261. The van der Waals surface area contributed by atoms with E-state index in [1.807, 2.05) is 32.9 Å². The minimum absolute atomic E-state index is 0.0314. The van der Waals surface area contributed by atoms with Crippen molar-refractivity contribution in [1.82, 2.24) is 5.32 Å². The second kappa shape index (κ2) is 9.49. The van der Waals surface area contributed by atoms with Gasteiger partial charge in [-0.15, -0.1) is 0 Å². The van der Waals surface area contributed by atoms with Crippen LogP contribution in [-0.4, -0.2) is 30.1 Å². The molecule has 3 rings (SSSR count). The maximum Gasteiger partial charge on any atom is 0.270 e. The average Bonchev–Trinajstić information content (AvgIpc) is 2.73. The molecule has 162 valence electrons. The lowest BCUT2D eigenvalue weighted by Crippen LogP contribution is -2.54. The topological polar surface area (TPSA) is 67.9 Å². The normalized spacial score (nSPS) is 16.4. The molecule has 0 radical (unpaired) electrons. The van der Waals surface area contributed by atoms with Crippen LogP contribution in [0.3, 0.4) is 0 Å². The molecule has 1 heterocycles. The maximum atomic E-state index is 13.1. The van der Waals surface area contributed by atoms with E-state index in [1.54, 1.807) is 24.3 Å². The summed E-state index contributed by atoms with van der Waals surface area (Å²) in [6, 6.07) is 10.6. The van der Waals surface area contributed by atoms with Crippen LogP contribution in [-0.2, 0) is 9.59 Å². The van der Waals surface area contributed by atoms with Crippen molar-refractivity contribution in [3.8, 4) is 11.5 Å². The second-order valence-corrected chi connectivity index (χ2v) is 7.96. The maximum absolute atomic E-state index is 13.1. The molecule has 1 unspecified atom stereocenters. The van der Waals surface area contributed by atoms with Gasteiger partial charge >= 0.3 is 0 Å². The van der Waals surface area contributed by atoms with Crippen LogP contribution in [0.15, 0.2) is 42.0 Å². The Morgan fingerprint density at radius 1 is 1.23 bits per heavy atom. The number of nitrogens with one attached hydrogen (secondary N) is 1. The van der Waals surface area contributed by atoms with Crippen LogP contribution in [0.4, 0.5) is 5.69 Å². The zero-order valence-corrected chi connectivity index (χ0v) is 19.3. The summed E-state index contributed by atoms with van der Waals surface area (Å²) in [6.45, 7) is 5.87. The molecule has 0 bridgehead atoms. The number of benzene rings is 2. The molecule has 0 saturated carbocycles. The Labute approximate surface area is 191 Å². The van der Waals surface area contributed by atoms with Crippen LogP contribution < -0.4 is 19.7 Å². The minimum Gasteiger partial charge on any atom is -0.493 e. The van der Waals surface area contributed by atoms with Gasteiger partial charge in [-0.05, 0) is 68.4 Å². The number of anilines is 1. The summed E-state index contributed by atoms with van der Waals surface area (Å²) in [5, 5.41) is 2.92. The molecule has 1 saturated heterocycles. The van der Waals surface area contributed by atoms with Crippen molar-refractivity contribution in [1.29, 1.82) is 0 Å². The molecule has 0 spiro atoms. The third-order valence-corrected chi connectivity index (χ3v) is 5.42. The van der Waals surface area contributed by atoms with E-state index in [-0.39, 0.29) is 16.8 Å². The molecule has 8 heteroatoms. The molecule has 0 aromatic heterocycles. The van der Waals surface area contributed by atoms with Crippen LogP contribution >= 0.6 is 23.8 Å². The van der Waals surface area contributed by atoms with Crippen molar-refractivity contribution in [2.24, 2.45) is 0 Å². The first-order valence-corrected chi connectivity index (χ1v) is 10.6. The Bertz CT molecular complexity index is 1070. The van der Waals surface area contributed by atoms with E-state index in [2.05, 4.69) is 5.32 Å². The number of amides is 2. The molecular weight excluding hydrogens is 436 g/mol. The number of rotatable bonds is 6. The number of carbonyl (C=O) groups excluding carboxylic acids is 2. The van der Waals surface area contributed by atoms with E-state index in [0.29, 0.717) is 27.8 Å². The predicted molar refractivity (Wildman–Crippen MR) is 126 cm³/mol. The van der Waals surface area contributed by atoms with Gasteiger partial charge in [-0.25, -0.2) is 0 Å². The smallest absolute Gasteiger partial charge is 0.270 e. The first-order chi connectivity index (χ1) is 14.7. The van der Waals surface area contributed by atoms with Crippen LogP contribution in [0.25, 0.3) is 6.08 Å². The number of nitrogens with zero attached hydrogens (tertiary/aromatic N) is 1. The van der Waals surface area contributed by atoms with Gasteiger partial charge in [0.15, 0.2) is 16.6 Å². The lowest BCUT2D eigenvalue weighted by Gasteiger charge is -2.29. The largest absolute Gasteiger partial charge is 0.493 e. The molecule has 2 aromatic carbocycles. The second-order valence-electron chi connectivity index (χ2n) is 7.16. The Kier molecular flexibility index (Phi) is 6.97. The van der Waals surface area contributed by atoms with Gasteiger partial charge in [0.05, 0.1) is 23.9 Å². The van der Waals surface area contributed by atoms with Crippen LogP contribution in [0.5, 0.6) is 11.5 Å². The summed E-state index contributed by atoms with van der Waals surface area (Å²) in [7, 11) is 1.50. The summed E-state index contributed by atoms with van der Waals surface area (Å²) >= 11 is 11.6. The number of hydrogen-bond donors (Lipinski definition) is 1. The molecule has 2 amide bonds. The average molecular weight is 459 g/mol. The predicted octanol–water partition coefficient (Wildman–Crippen LogP) is 4.67.